The second-order valence-corrected chi connectivity index (χ2v) is 2.75. The van der Waals surface area contributed by atoms with Gasteiger partial charge in [-0.25, -0.2) is 0 Å². The largest absolute Gasteiger partial charge is 0.385 e. The van der Waals surface area contributed by atoms with Gasteiger partial charge in [0.05, 0.1) is 0 Å². The molecular weight excluding hydrogens is 158 g/mol. The van der Waals surface area contributed by atoms with Gasteiger partial charge in [-0.1, -0.05) is 36.9 Å². The molecule has 0 spiro atoms. The first-order chi connectivity index (χ1) is 6.36. The highest BCUT2D eigenvalue weighted by molar-refractivity contribution is 5.55. The van der Waals surface area contributed by atoms with Crippen molar-refractivity contribution in [2.24, 2.45) is 0 Å². The number of hydrogen-bond acceptors (Lipinski definition) is 1. The van der Waals surface area contributed by atoms with Crippen LogP contribution in [0.3, 0.4) is 0 Å². The molecule has 0 atom stereocenters. The van der Waals surface area contributed by atoms with E-state index in [0.717, 1.165) is 6.54 Å². The van der Waals surface area contributed by atoms with E-state index in [1.54, 1.807) is 6.08 Å². The molecule has 0 aliphatic rings. The minimum atomic E-state index is 0.960. The number of nitrogens with one attached hydrogen (secondary N) is 1. The molecular formula is C12H15N. The van der Waals surface area contributed by atoms with Crippen LogP contribution in [0.25, 0.3) is 6.08 Å². The van der Waals surface area contributed by atoms with Crippen LogP contribution >= 0.6 is 0 Å². The highest BCUT2D eigenvalue weighted by Gasteiger charge is 1.88. The normalized spacial score (nSPS) is 10.2. The van der Waals surface area contributed by atoms with Gasteiger partial charge in [0.15, 0.2) is 0 Å². The van der Waals surface area contributed by atoms with E-state index in [-0.39, 0.29) is 0 Å². The summed E-state index contributed by atoms with van der Waals surface area (Å²) in [6, 6.07) is 8.31. The quantitative estimate of drug-likeness (QED) is 0.689. The molecule has 0 heterocycles. The summed E-state index contributed by atoms with van der Waals surface area (Å²) < 4.78 is 0. The third kappa shape index (κ3) is 3.16. The van der Waals surface area contributed by atoms with Gasteiger partial charge in [0.25, 0.3) is 0 Å². The van der Waals surface area contributed by atoms with Crippen molar-refractivity contribution in [1.82, 2.24) is 0 Å². The molecule has 1 N–H and O–H groups in total. The van der Waals surface area contributed by atoms with Crippen LogP contribution in [0.15, 0.2) is 43.0 Å². The van der Waals surface area contributed by atoms with Crippen LogP contribution in [0.4, 0.5) is 5.69 Å². The first-order valence-electron chi connectivity index (χ1n) is 4.50. The van der Waals surface area contributed by atoms with Crippen molar-refractivity contribution in [3.63, 3.8) is 0 Å². The molecule has 0 bridgehead atoms. The fraction of sp³-hybridized carbons (Fsp3) is 0.167. The Morgan fingerprint density at radius 3 is 2.54 bits per heavy atom. The van der Waals surface area contributed by atoms with Crippen LogP contribution in [0.2, 0.25) is 0 Å². The van der Waals surface area contributed by atoms with Crippen LogP contribution in [0.1, 0.15) is 12.5 Å². The predicted molar refractivity (Wildman–Crippen MR) is 59.8 cm³/mol. The van der Waals surface area contributed by atoms with Crippen molar-refractivity contribution < 1.29 is 0 Å². The molecule has 0 fully saturated rings. The lowest BCUT2D eigenvalue weighted by Gasteiger charge is -2.02. The molecule has 1 rings (SSSR count). The molecule has 0 saturated heterocycles. The molecule has 1 heteroatoms. The maximum Gasteiger partial charge on any atom is 0.0340 e. The Bertz CT molecular complexity index is 282. The zero-order valence-electron chi connectivity index (χ0n) is 7.96. The standard InChI is InChI=1S/C12H15N/c1-3-5-6-11-7-9-12(10-8-11)13-4-2/h3,5-10,13H,1,4H2,2H3/b6-5+. The van der Waals surface area contributed by atoms with E-state index in [0.29, 0.717) is 0 Å². The number of anilines is 1. The van der Waals surface area contributed by atoms with Crippen LogP contribution in [-0.2, 0) is 0 Å². The topological polar surface area (TPSA) is 12.0 Å². The highest BCUT2D eigenvalue weighted by Crippen LogP contribution is 2.10. The summed E-state index contributed by atoms with van der Waals surface area (Å²) in [5.41, 5.74) is 2.36. The molecule has 0 unspecified atom stereocenters. The fourth-order valence-corrected chi connectivity index (χ4v) is 1.10. The SMILES string of the molecule is C=C/C=C/c1ccc(NCC)cc1. The van der Waals surface area contributed by atoms with E-state index < -0.39 is 0 Å². The molecule has 0 amide bonds. The Kier molecular flexibility index (Phi) is 3.83. The van der Waals surface area contributed by atoms with Gasteiger partial charge < -0.3 is 5.32 Å². The van der Waals surface area contributed by atoms with Crippen molar-refractivity contribution in [2.75, 3.05) is 11.9 Å². The van der Waals surface area contributed by atoms with E-state index in [4.69, 9.17) is 0 Å². The van der Waals surface area contributed by atoms with Gasteiger partial charge in [0, 0.05) is 12.2 Å². The summed E-state index contributed by atoms with van der Waals surface area (Å²) in [5.74, 6) is 0. The van der Waals surface area contributed by atoms with Crippen LogP contribution < -0.4 is 5.32 Å². The summed E-state index contributed by atoms with van der Waals surface area (Å²) >= 11 is 0. The van der Waals surface area contributed by atoms with Gasteiger partial charge in [0.1, 0.15) is 0 Å². The van der Waals surface area contributed by atoms with Gasteiger partial charge in [-0.15, -0.1) is 0 Å². The molecule has 0 saturated carbocycles. The molecule has 0 aromatic heterocycles. The van der Waals surface area contributed by atoms with Gasteiger partial charge in [-0.2, -0.15) is 0 Å². The van der Waals surface area contributed by atoms with Gasteiger partial charge in [0.2, 0.25) is 0 Å². The molecule has 0 aliphatic heterocycles. The van der Waals surface area contributed by atoms with E-state index in [2.05, 4.69) is 43.1 Å². The molecule has 0 aliphatic carbocycles. The predicted octanol–water partition coefficient (Wildman–Crippen LogP) is 3.32. The second kappa shape index (κ2) is 5.20. The summed E-state index contributed by atoms with van der Waals surface area (Å²) in [7, 11) is 0. The smallest absolute Gasteiger partial charge is 0.0340 e. The van der Waals surface area contributed by atoms with Gasteiger partial charge >= 0.3 is 0 Å². The lowest BCUT2D eigenvalue weighted by Crippen LogP contribution is -1.95. The second-order valence-electron chi connectivity index (χ2n) is 2.75. The molecule has 1 nitrogen and oxygen atoms in total. The van der Waals surface area contributed by atoms with E-state index in [1.807, 2.05) is 12.2 Å². The zero-order valence-corrected chi connectivity index (χ0v) is 7.96. The Morgan fingerprint density at radius 1 is 1.31 bits per heavy atom. The fourth-order valence-electron chi connectivity index (χ4n) is 1.10. The Morgan fingerprint density at radius 2 is 2.00 bits per heavy atom. The Balaban J connectivity index is 2.69. The molecule has 13 heavy (non-hydrogen) atoms. The Labute approximate surface area is 79.8 Å². The van der Waals surface area contributed by atoms with Crippen LogP contribution in [0.5, 0.6) is 0 Å². The van der Waals surface area contributed by atoms with Crippen molar-refractivity contribution in [3.8, 4) is 0 Å². The lowest BCUT2D eigenvalue weighted by atomic mass is 10.2. The van der Waals surface area contributed by atoms with Crippen molar-refractivity contribution in [2.45, 2.75) is 6.92 Å². The minimum Gasteiger partial charge on any atom is -0.385 e. The summed E-state index contributed by atoms with van der Waals surface area (Å²) in [5, 5.41) is 3.25. The number of benzene rings is 1. The number of rotatable bonds is 4. The van der Waals surface area contributed by atoms with Gasteiger partial charge in [-0.3, -0.25) is 0 Å². The van der Waals surface area contributed by atoms with Gasteiger partial charge in [-0.05, 0) is 24.6 Å². The molecule has 1 aromatic carbocycles. The summed E-state index contributed by atoms with van der Waals surface area (Å²) in [6.07, 6.45) is 5.74. The van der Waals surface area contributed by atoms with Crippen molar-refractivity contribution in [3.05, 3.63) is 48.6 Å². The van der Waals surface area contributed by atoms with E-state index in [9.17, 15) is 0 Å². The van der Waals surface area contributed by atoms with E-state index >= 15 is 0 Å². The average Bonchev–Trinajstić information content (AvgIpc) is 2.17. The molecule has 0 radical (unpaired) electrons. The van der Waals surface area contributed by atoms with Crippen molar-refractivity contribution in [1.29, 1.82) is 0 Å². The Hall–Kier alpha value is -1.50. The van der Waals surface area contributed by atoms with Crippen molar-refractivity contribution >= 4 is 11.8 Å². The maximum absolute atomic E-state index is 3.62. The first-order valence-corrected chi connectivity index (χ1v) is 4.50. The highest BCUT2D eigenvalue weighted by atomic mass is 14.8. The summed E-state index contributed by atoms with van der Waals surface area (Å²) in [4.78, 5) is 0. The zero-order chi connectivity index (χ0) is 9.52. The first kappa shape index (κ1) is 9.59. The number of allylic oxidation sites excluding steroid dienone is 2. The monoisotopic (exact) mass is 173 g/mol. The van der Waals surface area contributed by atoms with Crippen LogP contribution in [-0.4, -0.2) is 6.54 Å². The van der Waals surface area contributed by atoms with E-state index in [1.165, 1.54) is 11.3 Å². The van der Waals surface area contributed by atoms with Crippen LogP contribution in [0, 0.1) is 0 Å². The third-order valence-corrected chi connectivity index (χ3v) is 1.72. The third-order valence-electron chi connectivity index (χ3n) is 1.72. The lowest BCUT2D eigenvalue weighted by molar-refractivity contribution is 1.21. The maximum atomic E-state index is 3.62. The minimum absolute atomic E-state index is 0.960. The average molecular weight is 173 g/mol. The number of hydrogen-bond donors (Lipinski definition) is 1. The molecule has 68 valence electrons. The molecule has 1 aromatic rings. The summed E-state index contributed by atoms with van der Waals surface area (Å²) in [6.45, 7) is 6.67.